The van der Waals surface area contributed by atoms with Gasteiger partial charge in [0.15, 0.2) is 0 Å². The molecule has 0 spiro atoms. The van der Waals surface area contributed by atoms with E-state index >= 15 is 0 Å². The van der Waals surface area contributed by atoms with Crippen molar-refractivity contribution in [2.45, 2.75) is 58.0 Å². The van der Waals surface area contributed by atoms with Crippen LogP contribution in [0.25, 0.3) is 0 Å². The summed E-state index contributed by atoms with van der Waals surface area (Å²) in [5, 5.41) is 10.2. The molecule has 0 aromatic heterocycles. The number of aliphatic hydroxyl groups excluding tert-OH is 1. The molecule has 0 heterocycles. The lowest BCUT2D eigenvalue weighted by Gasteiger charge is -2.33. The van der Waals surface area contributed by atoms with E-state index in [1.807, 2.05) is 0 Å². The molecular weight excluding hydrogens is 260 g/mol. The van der Waals surface area contributed by atoms with Crippen molar-refractivity contribution in [3.8, 4) is 0 Å². The summed E-state index contributed by atoms with van der Waals surface area (Å²) >= 11 is 0. The zero-order chi connectivity index (χ0) is 15.1. The first-order valence-corrected chi connectivity index (χ1v) is 8.47. The van der Waals surface area contributed by atoms with Gasteiger partial charge >= 0.3 is 0 Å². The second-order valence-corrected chi connectivity index (χ2v) is 6.83. The molecule has 1 N–H and O–H groups in total. The Labute approximate surface area is 129 Å². The van der Waals surface area contributed by atoms with Gasteiger partial charge in [-0.15, -0.1) is 0 Å². The smallest absolute Gasteiger partial charge is 0.0569 e. The minimum Gasteiger partial charge on any atom is -0.393 e. The van der Waals surface area contributed by atoms with Crippen molar-refractivity contribution in [2.24, 2.45) is 11.8 Å². The van der Waals surface area contributed by atoms with Crippen LogP contribution in [0.1, 0.15) is 57.4 Å². The van der Waals surface area contributed by atoms with Crippen LogP contribution in [-0.2, 0) is 4.74 Å². The summed E-state index contributed by atoms with van der Waals surface area (Å²) in [6.45, 7) is 6.08. The molecular formula is C19H30O2. The lowest BCUT2D eigenvalue weighted by Crippen LogP contribution is -2.29. The molecule has 21 heavy (non-hydrogen) atoms. The van der Waals surface area contributed by atoms with E-state index in [2.05, 4.69) is 44.2 Å². The van der Waals surface area contributed by atoms with Crippen LogP contribution in [0.4, 0.5) is 0 Å². The Kier molecular flexibility index (Phi) is 6.72. The Hall–Kier alpha value is -0.860. The number of hydrogen-bond acceptors (Lipinski definition) is 2. The fraction of sp³-hybridized carbons (Fsp3) is 0.684. The molecule has 1 aromatic rings. The van der Waals surface area contributed by atoms with Crippen molar-refractivity contribution >= 4 is 0 Å². The molecule has 0 amide bonds. The maximum absolute atomic E-state index is 10.2. The Bertz CT molecular complexity index is 388. The molecule has 1 aliphatic carbocycles. The van der Waals surface area contributed by atoms with Crippen LogP contribution < -0.4 is 0 Å². The van der Waals surface area contributed by atoms with Gasteiger partial charge in [-0.3, -0.25) is 0 Å². The molecule has 0 radical (unpaired) electrons. The Morgan fingerprint density at radius 3 is 2.62 bits per heavy atom. The molecule has 3 unspecified atom stereocenters. The maximum Gasteiger partial charge on any atom is 0.0569 e. The minimum absolute atomic E-state index is 0.140. The van der Waals surface area contributed by atoms with Crippen molar-refractivity contribution in [3.63, 3.8) is 0 Å². The molecule has 1 aromatic carbocycles. The summed E-state index contributed by atoms with van der Waals surface area (Å²) in [6, 6.07) is 10.7. The van der Waals surface area contributed by atoms with Gasteiger partial charge in [0.1, 0.15) is 0 Å². The fourth-order valence-corrected chi connectivity index (χ4v) is 3.24. The average Bonchev–Trinajstić information content (AvgIpc) is 2.49. The van der Waals surface area contributed by atoms with Gasteiger partial charge in [-0.1, -0.05) is 44.2 Å². The van der Waals surface area contributed by atoms with Gasteiger partial charge in [0.05, 0.1) is 6.10 Å². The van der Waals surface area contributed by atoms with Crippen LogP contribution in [0.3, 0.4) is 0 Å². The molecule has 2 heteroatoms. The third-order valence-electron chi connectivity index (χ3n) is 4.69. The summed E-state index contributed by atoms with van der Waals surface area (Å²) in [5.74, 6) is 1.70. The first-order chi connectivity index (χ1) is 10.2. The van der Waals surface area contributed by atoms with Crippen molar-refractivity contribution in [2.75, 3.05) is 13.2 Å². The maximum atomic E-state index is 10.2. The van der Waals surface area contributed by atoms with Gasteiger partial charge in [0.2, 0.25) is 0 Å². The van der Waals surface area contributed by atoms with E-state index < -0.39 is 0 Å². The number of ether oxygens (including phenoxy) is 1. The number of rotatable bonds is 7. The van der Waals surface area contributed by atoms with Gasteiger partial charge in [-0.25, -0.2) is 0 Å². The number of hydrogen-bond donors (Lipinski definition) is 1. The first-order valence-electron chi connectivity index (χ1n) is 8.47. The lowest BCUT2D eigenvalue weighted by atomic mass is 9.75. The molecule has 1 saturated carbocycles. The van der Waals surface area contributed by atoms with Crippen LogP contribution in [0.2, 0.25) is 0 Å². The lowest BCUT2D eigenvalue weighted by molar-refractivity contribution is 0.0322. The number of aliphatic hydroxyl groups is 1. The predicted octanol–water partition coefficient (Wildman–Crippen LogP) is 4.38. The van der Waals surface area contributed by atoms with Gasteiger partial charge in [-0.2, -0.15) is 0 Å². The molecule has 1 fully saturated rings. The van der Waals surface area contributed by atoms with Crippen LogP contribution >= 0.6 is 0 Å². The normalized spacial score (nSPS) is 26.2. The van der Waals surface area contributed by atoms with Crippen molar-refractivity contribution in [3.05, 3.63) is 35.9 Å². The van der Waals surface area contributed by atoms with E-state index in [9.17, 15) is 5.11 Å². The summed E-state index contributed by atoms with van der Waals surface area (Å²) in [5.41, 5.74) is 1.43. The van der Waals surface area contributed by atoms with E-state index in [1.165, 1.54) is 5.56 Å². The van der Waals surface area contributed by atoms with Crippen molar-refractivity contribution in [1.29, 1.82) is 0 Å². The minimum atomic E-state index is -0.140. The molecule has 3 atom stereocenters. The van der Waals surface area contributed by atoms with Crippen molar-refractivity contribution in [1.82, 2.24) is 0 Å². The average molecular weight is 290 g/mol. The van der Waals surface area contributed by atoms with E-state index in [4.69, 9.17) is 4.74 Å². The highest BCUT2D eigenvalue weighted by Crippen LogP contribution is 2.37. The SMILES string of the molecule is CC(C)CCOCCC1CC(c2ccccc2)CCC1O. The summed E-state index contributed by atoms with van der Waals surface area (Å²) in [6.07, 6.45) is 5.10. The fourth-order valence-electron chi connectivity index (χ4n) is 3.24. The van der Waals surface area contributed by atoms with Gasteiger partial charge in [0.25, 0.3) is 0 Å². The quantitative estimate of drug-likeness (QED) is 0.755. The predicted molar refractivity (Wildman–Crippen MR) is 87.4 cm³/mol. The second kappa shape index (κ2) is 8.55. The van der Waals surface area contributed by atoms with Crippen molar-refractivity contribution < 1.29 is 9.84 Å². The second-order valence-electron chi connectivity index (χ2n) is 6.83. The van der Waals surface area contributed by atoms with E-state index in [0.29, 0.717) is 17.8 Å². The van der Waals surface area contributed by atoms with E-state index in [0.717, 1.165) is 45.3 Å². The van der Waals surface area contributed by atoms with E-state index in [1.54, 1.807) is 0 Å². The van der Waals surface area contributed by atoms with E-state index in [-0.39, 0.29) is 6.10 Å². The Morgan fingerprint density at radius 2 is 1.90 bits per heavy atom. The molecule has 2 rings (SSSR count). The number of benzene rings is 1. The van der Waals surface area contributed by atoms with Gasteiger partial charge in [0, 0.05) is 13.2 Å². The van der Waals surface area contributed by atoms with Crippen LogP contribution in [0, 0.1) is 11.8 Å². The topological polar surface area (TPSA) is 29.5 Å². The Balaban J connectivity index is 1.76. The van der Waals surface area contributed by atoms with Crippen LogP contribution in [0.5, 0.6) is 0 Å². The largest absolute Gasteiger partial charge is 0.393 e. The van der Waals surface area contributed by atoms with Gasteiger partial charge in [-0.05, 0) is 55.4 Å². The molecule has 0 bridgehead atoms. The summed E-state index contributed by atoms with van der Waals surface area (Å²) in [4.78, 5) is 0. The monoisotopic (exact) mass is 290 g/mol. The molecule has 118 valence electrons. The highest BCUT2D eigenvalue weighted by atomic mass is 16.5. The zero-order valence-electron chi connectivity index (χ0n) is 13.5. The molecule has 0 aliphatic heterocycles. The third kappa shape index (κ3) is 5.44. The molecule has 1 aliphatic rings. The summed E-state index contributed by atoms with van der Waals surface area (Å²) in [7, 11) is 0. The van der Waals surface area contributed by atoms with Crippen LogP contribution in [0.15, 0.2) is 30.3 Å². The standard InChI is InChI=1S/C19H30O2/c1-15(2)10-12-21-13-11-18-14-17(8-9-19(18)20)16-6-4-3-5-7-16/h3-7,15,17-20H,8-14H2,1-2H3. The zero-order valence-corrected chi connectivity index (χ0v) is 13.5. The third-order valence-corrected chi connectivity index (χ3v) is 4.69. The highest BCUT2D eigenvalue weighted by molar-refractivity contribution is 5.20. The van der Waals surface area contributed by atoms with Gasteiger partial charge < -0.3 is 9.84 Å². The Morgan fingerprint density at radius 1 is 1.14 bits per heavy atom. The highest BCUT2D eigenvalue weighted by Gasteiger charge is 2.29. The molecule has 2 nitrogen and oxygen atoms in total. The van der Waals surface area contributed by atoms with Crippen LogP contribution in [-0.4, -0.2) is 24.4 Å². The molecule has 0 saturated heterocycles. The summed E-state index contributed by atoms with van der Waals surface area (Å²) < 4.78 is 5.73. The first kappa shape index (κ1) is 16.5.